The maximum Gasteiger partial charge on any atom is 0.226 e. The summed E-state index contributed by atoms with van der Waals surface area (Å²) in [6.45, 7) is 24.3. The molecule has 23 heavy (non-hydrogen) atoms. The normalized spacial score (nSPS) is 11.7. The molecule has 1 nitrogen and oxygen atoms in total. The molecule has 1 atom stereocenters. The summed E-state index contributed by atoms with van der Waals surface area (Å²) in [5.74, 6) is 0. The smallest absolute Gasteiger partial charge is 0.226 e. The van der Waals surface area contributed by atoms with Crippen LogP contribution in [0.5, 0.6) is 0 Å². The third-order valence-electron chi connectivity index (χ3n) is 4.06. The Hall–Kier alpha value is -1.12. The van der Waals surface area contributed by atoms with Crippen molar-refractivity contribution in [2.75, 3.05) is 0 Å². The summed E-state index contributed by atoms with van der Waals surface area (Å²) in [5.41, 5.74) is 3.49. The van der Waals surface area contributed by atoms with E-state index in [1.807, 2.05) is 0 Å². The molecule has 2 radical (unpaired) electrons. The second-order valence-electron chi connectivity index (χ2n) is 5.99. The average Bonchev–Trinajstić information content (AvgIpc) is 2.55. The lowest BCUT2D eigenvalue weighted by atomic mass is 9.92. The van der Waals surface area contributed by atoms with Gasteiger partial charge in [-0.1, -0.05) is 84.4 Å². The van der Waals surface area contributed by atoms with Gasteiger partial charge in [0.1, 0.15) is 0 Å². The van der Waals surface area contributed by atoms with Crippen LogP contribution in [0.15, 0.2) is 61.3 Å². The van der Waals surface area contributed by atoms with Gasteiger partial charge in [0.2, 0.25) is 9.76 Å². The Morgan fingerprint density at radius 2 is 1.61 bits per heavy atom. The fraction of sp³-hybridized carbons (Fsp3) is 0.524. The molecule has 2 heteroatoms. The molecule has 0 heterocycles. The Balaban J connectivity index is 4.31. The molecule has 0 saturated heterocycles. The highest BCUT2D eigenvalue weighted by molar-refractivity contribution is 6.24. The molecule has 0 aliphatic carbocycles. The predicted molar refractivity (Wildman–Crippen MR) is 106 cm³/mol. The molecule has 0 fully saturated rings. The van der Waals surface area contributed by atoms with Gasteiger partial charge in [0.15, 0.2) is 0 Å². The van der Waals surface area contributed by atoms with E-state index in [2.05, 4.69) is 46.4 Å². The topological polar surface area (TPSA) is 9.23 Å². The molecule has 0 rings (SSSR count). The van der Waals surface area contributed by atoms with Gasteiger partial charge in [-0.25, -0.2) is 0 Å². The second kappa shape index (κ2) is 13.3. The first kappa shape index (κ1) is 21.9. The summed E-state index contributed by atoms with van der Waals surface area (Å²) < 4.78 is 5.91. The van der Waals surface area contributed by atoms with Crippen LogP contribution in [-0.2, 0) is 4.43 Å². The zero-order chi connectivity index (χ0) is 17.7. The number of hydrogen-bond acceptors (Lipinski definition) is 1. The Labute approximate surface area is 146 Å². The first-order valence-corrected chi connectivity index (χ1v) is 10.1. The fourth-order valence-corrected chi connectivity index (χ4v) is 2.98. The van der Waals surface area contributed by atoms with Crippen molar-refractivity contribution in [2.45, 2.75) is 70.9 Å². The van der Waals surface area contributed by atoms with Gasteiger partial charge in [-0.15, -0.1) is 0 Å². The zero-order valence-electron chi connectivity index (χ0n) is 15.3. The largest absolute Gasteiger partial charge is 0.415 e. The van der Waals surface area contributed by atoms with Crippen LogP contribution in [0.1, 0.15) is 58.3 Å². The van der Waals surface area contributed by atoms with Gasteiger partial charge in [-0.05, 0) is 41.7 Å². The van der Waals surface area contributed by atoms with Crippen molar-refractivity contribution >= 4 is 9.76 Å². The molecular weight excluding hydrogens is 296 g/mol. The van der Waals surface area contributed by atoms with E-state index in [4.69, 9.17) is 4.43 Å². The van der Waals surface area contributed by atoms with E-state index in [-0.39, 0.29) is 6.10 Å². The zero-order valence-corrected chi connectivity index (χ0v) is 16.3. The summed E-state index contributed by atoms with van der Waals surface area (Å²) in [4.78, 5) is 0. The van der Waals surface area contributed by atoms with Crippen molar-refractivity contribution in [1.29, 1.82) is 0 Å². The van der Waals surface area contributed by atoms with E-state index < -0.39 is 0 Å². The molecule has 0 aromatic rings. The summed E-state index contributed by atoms with van der Waals surface area (Å²) >= 11 is 0. The van der Waals surface area contributed by atoms with E-state index in [9.17, 15) is 0 Å². The third kappa shape index (κ3) is 9.57. The third-order valence-corrected chi connectivity index (χ3v) is 4.63. The standard InChI is InChI=1S/C21H34OSi/c1-8-10-11-12-13-14-15-21(22-23-7)16-18(4)20(6)19(5)17(3)9-2/h9,21H,2-6,8,10-16H2,1,7H3. The molecule has 0 aliphatic heterocycles. The molecule has 0 bridgehead atoms. The highest BCUT2D eigenvalue weighted by atomic mass is 28.2. The minimum atomic E-state index is 0.235. The summed E-state index contributed by atoms with van der Waals surface area (Å²) in [5, 5.41) is 0. The van der Waals surface area contributed by atoms with Crippen LogP contribution in [-0.4, -0.2) is 15.9 Å². The minimum absolute atomic E-state index is 0.235. The number of allylic oxidation sites excluding steroid dienone is 4. The lowest BCUT2D eigenvalue weighted by Gasteiger charge is -2.20. The Bertz CT molecular complexity index is 420. The van der Waals surface area contributed by atoms with Crippen LogP contribution < -0.4 is 0 Å². The monoisotopic (exact) mass is 330 g/mol. The van der Waals surface area contributed by atoms with Gasteiger partial charge in [-0.2, -0.15) is 0 Å². The quantitative estimate of drug-likeness (QED) is 0.187. The van der Waals surface area contributed by atoms with Crippen LogP contribution in [0.25, 0.3) is 0 Å². The number of rotatable bonds is 15. The maximum absolute atomic E-state index is 5.91. The molecule has 128 valence electrons. The van der Waals surface area contributed by atoms with Gasteiger partial charge in [0.25, 0.3) is 0 Å². The molecule has 0 aromatic heterocycles. The first-order chi connectivity index (χ1) is 11.0. The second-order valence-corrected chi connectivity index (χ2v) is 6.64. The van der Waals surface area contributed by atoms with Crippen molar-refractivity contribution in [3.8, 4) is 0 Å². The van der Waals surface area contributed by atoms with Crippen LogP contribution in [0.2, 0.25) is 6.55 Å². The van der Waals surface area contributed by atoms with Crippen molar-refractivity contribution in [3.63, 3.8) is 0 Å². The maximum atomic E-state index is 5.91. The number of unbranched alkanes of at least 4 members (excludes halogenated alkanes) is 5. The minimum Gasteiger partial charge on any atom is -0.415 e. The Morgan fingerprint density at radius 1 is 1.00 bits per heavy atom. The van der Waals surface area contributed by atoms with Gasteiger partial charge in [0, 0.05) is 6.10 Å². The van der Waals surface area contributed by atoms with Gasteiger partial charge >= 0.3 is 0 Å². The van der Waals surface area contributed by atoms with E-state index >= 15 is 0 Å². The van der Waals surface area contributed by atoms with Crippen molar-refractivity contribution in [1.82, 2.24) is 0 Å². The molecule has 1 unspecified atom stereocenters. The van der Waals surface area contributed by atoms with Gasteiger partial charge < -0.3 is 4.43 Å². The molecule has 0 N–H and O–H groups in total. The first-order valence-electron chi connectivity index (χ1n) is 8.68. The van der Waals surface area contributed by atoms with Crippen molar-refractivity contribution in [3.05, 3.63) is 61.3 Å². The Morgan fingerprint density at radius 3 is 2.17 bits per heavy atom. The van der Waals surface area contributed by atoms with Crippen molar-refractivity contribution < 1.29 is 4.43 Å². The van der Waals surface area contributed by atoms with E-state index in [0.29, 0.717) is 9.76 Å². The average molecular weight is 331 g/mol. The van der Waals surface area contributed by atoms with Gasteiger partial charge in [-0.3, -0.25) is 0 Å². The summed E-state index contributed by atoms with van der Waals surface area (Å²) in [6, 6.07) is 0. The van der Waals surface area contributed by atoms with E-state index in [1.54, 1.807) is 6.08 Å². The molecular formula is C21H34OSi. The molecule has 0 amide bonds. The molecule has 0 saturated carbocycles. The van der Waals surface area contributed by atoms with E-state index in [1.165, 1.54) is 38.5 Å². The van der Waals surface area contributed by atoms with Gasteiger partial charge in [0.05, 0.1) is 0 Å². The van der Waals surface area contributed by atoms with Crippen LogP contribution in [0.3, 0.4) is 0 Å². The molecule has 0 aliphatic rings. The van der Waals surface area contributed by atoms with Crippen LogP contribution in [0, 0.1) is 0 Å². The predicted octanol–water partition coefficient (Wildman–Crippen LogP) is 6.59. The van der Waals surface area contributed by atoms with E-state index in [0.717, 1.165) is 35.1 Å². The van der Waals surface area contributed by atoms with Crippen molar-refractivity contribution in [2.24, 2.45) is 0 Å². The summed E-state index contributed by atoms with van der Waals surface area (Å²) in [7, 11) is 0.506. The highest BCUT2D eigenvalue weighted by Gasteiger charge is 2.14. The SMILES string of the molecule is C=CC(=C)C(=C)C(=C)C(=C)CC(CCCCCCCC)O[Si]C. The number of hydrogen-bond donors (Lipinski definition) is 0. The lowest BCUT2D eigenvalue weighted by Crippen LogP contribution is -2.16. The fourth-order valence-electron chi connectivity index (χ4n) is 2.45. The summed E-state index contributed by atoms with van der Waals surface area (Å²) in [6.07, 6.45) is 11.7. The molecule has 0 spiro atoms. The Kier molecular flexibility index (Phi) is 12.7. The molecule has 0 aromatic carbocycles. The lowest BCUT2D eigenvalue weighted by molar-refractivity contribution is 0.198. The highest BCUT2D eigenvalue weighted by Crippen LogP contribution is 2.26. The van der Waals surface area contributed by atoms with Crippen LogP contribution >= 0.6 is 0 Å². The van der Waals surface area contributed by atoms with Crippen LogP contribution in [0.4, 0.5) is 0 Å².